The minimum absolute atomic E-state index is 0.0402. The average Bonchev–Trinajstić information content (AvgIpc) is 3.04. The van der Waals surface area contributed by atoms with Crippen LogP contribution in [-0.4, -0.2) is 48.9 Å². The molecule has 4 aromatic carbocycles. The Bertz CT molecular complexity index is 1990. The second kappa shape index (κ2) is 11.7. The van der Waals surface area contributed by atoms with Crippen molar-refractivity contribution in [2.45, 2.75) is 6.10 Å². The molecule has 0 bridgehead atoms. The molecule has 6 aromatic rings. The number of hydrogen-bond donors (Lipinski definition) is 3. The van der Waals surface area contributed by atoms with Gasteiger partial charge in [-0.3, -0.25) is 0 Å². The summed E-state index contributed by atoms with van der Waals surface area (Å²) < 4.78 is 18.0. The highest BCUT2D eigenvalue weighted by Gasteiger charge is 2.28. The summed E-state index contributed by atoms with van der Waals surface area (Å²) in [6, 6.07) is 18.4. The van der Waals surface area contributed by atoms with Crippen LogP contribution in [0.15, 0.2) is 72.8 Å². The van der Waals surface area contributed by atoms with E-state index in [2.05, 4.69) is 0 Å². The standard InChI is InChI=1S/C16H16N2O6.C13H10N2O4/c1-23-13-6-2-4-11-15(13)17(21)12-5-3-7-14(16(12)18(11)22)24-9-10(20)8-19;1-19-11-7-3-5-9-13(11)15(18)8-4-2-6-10(16)12(8)14(9)17/h2-7,10,19-20H,8-9H2,1H3;2-7,16H,1H3. The lowest BCUT2D eigenvalue weighted by Crippen LogP contribution is -2.40. The molecule has 1 unspecified atom stereocenters. The summed E-state index contributed by atoms with van der Waals surface area (Å²) in [5.74, 6) is 0.504. The Hall–Kier alpha value is -5.60. The normalized spacial score (nSPS) is 11.8. The molecular weight excluding hydrogens is 564 g/mol. The lowest BCUT2D eigenvalue weighted by Gasteiger charge is -2.13. The van der Waals surface area contributed by atoms with E-state index in [1.807, 2.05) is 0 Å². The van der Waals surface area contributed by atoms with E-state index in [4.69, 9.17) is 19.3 Å². The van der Waals surface area contributed by atoms with Gasteiger partial charge in [-0.25, -0.2) is 0 Å². The molecule has 0 saturated heterocycles. The number of nitrogens with zero attached hydrogens (tertiary/aromatic N) is 4. The van der Waals surface area contributed by atoms with Gasteiger partial charge in [-0.05, 0) is 24.3 Å². The van der Waals surface area contributed by atoms with E-state index in [-0.39, 0.29) is 68.0 Å². The summed E-state index contributed by atoms with van der Waals surface area (Å²) in [5, 5.41) is 78.1. The van der Waals surface area contributed by atoms with Crippen molar-refractivity contribution >= 4 is 44.1 Å². The Morgan fingerprint density at radius 3 is 1.42 bits per heavy atom. The highest BCUT2D eigenvalue weighted by atomic mass is 16.5. The molecule has 14 nitrogen and oxygen atoms in total. The van der Waals surface area contributed by atoms with Crippen LogP contribution in [-0.2, 0) is 0 Å². The molecule has 6 rings (SSSR count). The van der Waals surface area contributed by atoms with Gasteiger partial charge in [0.15, 0.2) is 23.0 Å². The van der Waals surface area contributed by atoms with Gasteiger partial charge in [-0.2, -0.15) is 18.9 Å². The first-order valence-corrected chi connectivity index (χ1v) is 12.8. The number of aromatic hydroxyl groups is 1. The highest BCUT2D eigenvalue weighted by molar-refractivity contribution is 5.84. The number of aliphatic hydroxyl groups excluding tert-OH is 2. The molecule has 2 aromatic heterocycles. The quantitative estimate of drug-likeness (QED) is 0.143. The van der Waals surface area contributed by atoms with Crippen molar-refractivity contribution in [3.63, 3.8) is 0 Å². The summed E-state index contributed by atoms with van der Waals surface area (Å²) >= 11 is 0. The summed E-state index contributed by atoms with van der Waals surface area (Å²) in [4.78, 5) is 0. The van der Waals surface area contributed by atoms with E-state index >= 15 is 0 Å². The Morgan fingerprint density at radius 2 is 0.977 bits per heavy atom. The van der Waals surface area contributed by atoms with Gasteiger partial charge < -0.3 is 50.4 Å². The van der Waals surface area contributed by atoms with Crippen molar-refractivity contribution in [3.05, 3.63) is 93.6 Å². The third-order valence-corrected chi connectivity index (χ3v) is 6.70. The van der Waals surface area contributed by atoms with E-state index < -0.39 is 12.7 Å². The number of aromatic nitrogens is 4. The third kappa shape index (κ3) is 4.94. The summed E-state index contributed by atoms with van der Waals surface area (Å²) in [5.41, 5.74) is 0.716. The monoisotopic (exact) mass is 590 g/mol. The molecule has 0 aliphatic rings. The largest absolute Gasteiger partial charge is 0.617 e. The maximum Gasteiger partial charge on any atom is 0.332 e. The first-order valence-electron chi connectivity index (χ1n) is 12.8. The van der Waals surface area contributed by atoms with Gasteiger partial charge in [0.1, 0.15) is 12.7 Å². The van der Waals surface area contributed by atoms with Gasteiger partial charge in [0, 0.05) is 24.3 Å². The number of rotatable bonds is 6. The van der Waals surface area contributed by atoms with E-state index in [0.717, 1.165) is 0 Å². The smallest absolute Gasteiger partial charge is 0.332 e. The van der Waals surface area contributed by atoms with Gasteiger partial charge in [-0.1, -0.05) is 24.3 Å². The molecule has 0 saturated carbocycles. The Labute approximate surface area is 242 Å². The predicted octanol–water partition coefficient (Wildman–Crippen LogP) is 0.974. The molecule has 2 heterocycles. The molecule has 1 atom stereocenters. The van der Waals surface area contributed by atoms with E-state index in [1.54, 1.807) is 30.3 Å². The zero-order valence-corrected chi connectivity index (χ0v) is 22.9. The van der Waals surface area contributed by atoms with Crippen LogP contribution in [0.1, 0.15) is 0 Å². The maximum absolute atomic E-state index is 12.8. The third-order valence-electron chi connectivity index (χ3n) is 6.70. The summed E-state index contributed by atoms with van der Waals surface area (Å²) in [6.07, 6.45) is -1.08. The molecule has 0 aliphatic carbocycles. The number of phenolic OH excluding ortho intramolecular Hbond substituents is 1. The average molecular weight is 591 g/mol. The Balaban J connectivity index is 0.000000176. The number of aliphatic hydroxyl groups is 2. The number of methoxy groups -OCH3 is 2. The number of para-hydroxylation sites is 4. The van der Waals surface area contributed by atoms with Crippen LogP contribution in [0, 0.1) is 20.8 Å². The molecule has 0 spiro atoms. The summed E-state index contributed by atoms with van der Waals surface area (Å²) in [6.45, 7) is -0.672. The molecule has 0 fully saturated rings. The minimum Gasteiger partial charge on any atom is -0.617 e. The van der Waals surface area contributed by atoms with Crippen LogP contribution in [0.3, 0.4) is 0 Å². The van der Waals surface area contributed by atoms with Gasteiger partial charge in [0.2, 0.25) is 0 Å². The zero-order chi connectivity index (χ0) is 30.8. The molecule has 222 valence electrons. The number of fused-ring (bicyclic) bond motifs is 4. The maximum atomic E-state index is 12.8. The second-order valence-corrected chi connectivity index (χ2v) is 9.25. The van der Waals surface area contributed by atoms with Gasteiger partial charge in [-0.15, -0.1) is 0 Å². The van der Waals surface area contributed by atoms with E-state index in [9.17, 15) is 31.0 Å². The van der Waals surface area contributed by atoms with Crippen molar-refractivity contribution in [1.29, 1.82) is 0 Å². The van der Waals surface area contributed by atoms with Gasteiger partial charge >= 0.3 is 22.1 Å². The van der Waals surface area contributed by atoms with Crippen molar-refractivity contribution in [1.82, 2.24) is 0 Å². The van der Waals surface area contributed by atoms with E-state index in [0.29, 0.717) is 24.7 Å². The van der Waals surface area contributed by atoms with Crippen LogP contribution in [0.2, 0.25) is 0 Å². The Kier molecular flexibility index (Phi) is 7.88. The van der Waals surface area contributed by atoms with Crippen LogP contribution in [0.4, 0.5) is 0 Å². The Morgan fingerprint density at radius 1 is 0.605 bits per heavy atom. The fourth-order valence-corrected chi connectivity index (χ4v) is 4.69. The van der Waals surface area contributed by atoms with Crippen molar-refractivity contribution in [2.75, 3.05) is 27.4 Å². The lowest BCUT2D eigenvalue weighted by atomic mass is 10.2. The SMILES string of the molecule is COc1cccc2c1[n+]([O-])c1cccc(O)c1[n+]2[O-].COc1cccc2c1[n+]([O-])c1cccc(OCC(O)CO)c1[n+]2[O-]. The second-order valence-electron chi connectivity index (χ2n) is 9.25. The van der Waals surface area contributed by atoms with E-state index in [1.165, 1.54) is 56.7 Å². The predicted molar refractivity (Wildman–Crippen MR) is 152 cm³/mol. The van der Waals surface area contributed by atoms with Crippen LogP contribution >= 0.6 is 0 Å². The van der Waals surface area contributed by atoms with Crippen molar-refractivity contribution in [2.24, 2.45) is 0 Å². The van der Waals surface area contributed by atoms with Crippen LogP contribution in [0.25, 0.3) is 44.1 Å². The number of benzene rings is 4. The van der Waals surface area contributed by atoms with Crippen molar-refractivity contribution in [3.8, 4) is 23.0 Å². The van der Waals surface area contributed by atoms with Gasteiger partial charge in [0.05, 0.1) is 20.8 Å². The summed E-state index contributed by atoms with van der Waals surface area (Å²) in [7, 11) is 2.85. The molecule has 3 N–H and O–H groups in total. The first-order chi connectivity index (χ1) is 20.7. The fraction of sp³-hybridized carbons (Fsp3) is 0.172. The topological polar surface area (TPSA) is 196 Å². The first kappa shape index (κ1) is 28.9. The molecular formula is C29H26N4O10. The van der Waals surface area contributed by atoms with Crippen molar-refractivity contribution < 1.29 is 48.5 Å². The lowest BCUT2D eigenvalue weighted by molar-refractivity contribution is -0.591. The fourth-order valence-electron chi connectivity index (χ4n) is 4.69. The molecule has 0 aliphatic heterocycles. The minimum atomic E-state index is -1.08. The van der Waals surface area contributed by atoms with Crippen LogP contribution in [0.5, 0.6) is 23.0 Å². The van der Waals surface area contributed by atoms with Crippen LogP contribution < -0.4 is 33.1 Å². The highest BCUT2D eigenvalue weighted by Crippen LogP contribution is 2.27. The zero-order valence-electron chi connectivity index (χ0n) is 22.9. The molecule has 0 radical (unpaired) electrons. The number of hydrogen-bond acceptors (Lipinski definition) is 10. The number of phenols is 1. The number of ether oxygens (including phenoxy) is 3. The molecule has 43 heavy (non-hydrogen) atoms. The van der Waals surface area contributed by atoms with Gasteiger partial charge in [0.25, 0.3) is 22.1 Å². The molecule has 14 heteroatoms. The molecule has 0 amide bonds.